The second kappa shape index (κ2) is 9.09. The van der Waals surface area contributed by atoms with Crippen molar-refractivity contribution in [2.24, 2.45) is 5.92 Å². The number of rotatable bonds is 7. The Morgan fingerprint density at radius 3 is 2.97 bits per heavy atom. The van der Waals surface area contributed by atoms with Gasteiger partial charge in [-0.15, -0.1) is 11.3 Å². The van der Waals surface area contributed by atoms with Gasteiger partial charge < -0.3 is 10.1 Å². The Hall–Kier alpha value is -2.52. The SMILES string of the molecule is CCOc1ccc(-c2n[nH]c(=S)n2CCC(=O)Nc2nc3c(s2)CC(C)CC3)cc1. The number of ether oxygens (including phenoxy) is 1. The molecule has 0 bridgehead atoms. The molecule has 1 amide bonds. The standard InChI is InChI=1S/C21H25N5O2S2/c1-3-28-15-7-5-14(6-8-15)19-24-25-21(29)26(19)11-10-18(27)23-20-22-16-9-4-13(2)12-17(16)30-20/h5-8,13H,3-4,9-12H2,1-2H3,(H,25,29)(H,22,23,27). The van der Waals surface area contributed by atoms with Gasteiger partial charge in [-0.05, 0) is 68.6 Å². The lowest BCUT2D eigenvalue weighted by Gasteiger charge is -2.15. The predicted octanol–water partition coefficient (Wildman–Crippen LogP) is 4.62. The van der Waals surface area contributed by atoms with Crippen molar-refractivity contribution in [1.29, 1.82) is 0 Å². The third kappa shape index (κ3) is 4.62. The van der Waals surface area contributed by atoms with Gasteiger partial charge in [-0.1, -0.05) is 6.92 Å². The van der Waals surface area contributed by atoms with E-state index in [2.05, 4.69) is 27.4 Å². The van der Waals surface area contributed by atoms with E-state index in [4.69, 9.17) is 17.0 Å². The average molecular weight is 444 g/mol. The van der Waals surface area contributed by atoms with Gasteiger partial charge in [-0.25, -0.2) is 4.98 Å². The molecule has 1 unspecified atom stereocenters. The van der Waals surface area contributed by atoms with Crippen molar-refractivity contribution in [3.05, 3.63) is 39.6 Å². The molecule has 9 heteroatoms. The van der Waals surface area contributed by atoms with E-state index in [0.29, 0.717) is 41.2 Å². The van der Waals surface area contributed by atoms with Crippen molar-refractivity contribution in [3.8, 4) is 17.1 Å². The Bertz CT molecular complexity index is 1080. The Morgan fingerprint density at radius 1 is 1.40 bits per heavy atom. The van der Waals surface area contributed by atoms with Gasteiger partial charge in [0.2, 0.25) is 5.91 Å². The van der Waals surface area contributed by atoms with Gasteiger partial charge in [0.1, 0.15) is 5.75 Å². The maximum absolute atomic E-state index is 12.5. The van der Waals surface area contributed by atoms with E-state index in [1.807, 2.05) is 35.8 Å². The molecule has 1 aliphatic carbocycles. The van der Waals surface area contributed by atoms with E-state index in [9.17, 15) is 4.79 Å². The van der Waals surface area contributed by atoms with Crippen molar-refractivity contribution < 1.29 is 9.53 Å². The minimum Gasteiger partial charge on any atom is -0.494 e. The van der Waals surface area contributed by atoms with Crippen LogP contribution in [-0.2, 0) is 24.2 Å². The molecule has 4 rings (SSSR count). The number of carbonyl (C=O) groups is 1. The minimum atomic E-state index is -0.0742. The lowest BCUT2D eigenvalue weighted by molar-refractivity contribution is -0.116. The van der Waals surface area contributed by atoms with Gasteiger partial charge in [0, 0.05) is 23.4 Å². The molecule has 30 heavy (non-hydrogen) atoms. The van der Waals surface area contributed by atoms with E-state index in [0.717, 1.165) is 36.3 Å². The number of carbonyl (C=O) groups excluding carboxylic acids is 1. The lowest BCUT2D eigenvalue weighted by Crippen LogP contribution is -2.15. The van der Waals surface area contributed by atoms with Crippen LogP contribution < -0.4 is 10.1 Å². The zero-order valence-electron chi connectivity index (χ0n) is 17.1. The van der Waals surface area contributed by atoms with Crippen molar-refractivity contribution in [2.45, 2.75) is 46.1 Å². The number of anilines is 1. The van der Waals surface area contributed by atoms with Crippen molar-refractivity contribution in [1.82, 2.24) is 19.7 Å². The first-order valence-electron chi connectivity index (χ1n) is 10.2. The maximum atomic E-state index is 12.5. The summed E-state index contributed by atoms with van der Waals surface area (Å²) in [5.41, 5.74) is 2.05. The van der Waals surface area contributed by atoms with Gasteiger partial charge >= 0.3 is 0 Å². The quantitative estimate of drug-likeness (QED) is 0.521. The van der Waals surface area contributed by atoms with Crippen molar-refractivity contribution >= 4 is 34.6 Å². The lowest BCUT2D eigenvalue weighted by atomic mass is 9.93. The number of nitrogens with zero attached hydrogens (tertiary/aromatic N) is 3. The zero-order chi connectivity index (χ0) is 21.1. The van der Waals surface area contributed by atoms with Crippen LogP contribution in [0.25, 0.3) is 11.4 Å². The van der Waals surface area contributed by atoms with Crippen LogP contribution in [0.5, 0.6) is 5.75 Å². The third-order valence-electron chi connectivity index (χ3n) is 5.18. The summed E-state index contributed by atoms with van der Waals surface area (Å²) >= 11 is 6.97. The largest absolute Gasteiger partial charge is 0.494 e. The van der Waals surface area contributed by atoms with Crippen LogP contribution in [-0.4, -0.2) is 32.3 Å². The number of fused-ring (bicyclic) bond motifs is 1. The number of nitrogens with one attached hydrogen (secondary N) is 2. The van der Waals surface area contributed by atoms with Crippen LogP contribution in [0.15, 0.2) is 24.3 Å². The normalized spacial score (nSPS) is 15.6. The fraction of sp³-hybridized carbons (Fsp3) is 0.429. The fourth-order valence-corrected chi connectivity index (χ4v) is 5.01. The monoisotopic (exact) mass is 443 g/mol. The van der Waals surface area contributed by atoms with Crippen LogP contribution >= 0.6 is 23.6 Å². The van der Waals surface area contributed by atoms with E-state index in [1.165, 1.54) is 4.88 Å². The molecule has 158 valence electrons. The highest BCUT2D eigenvalue weighted by molar-refractivity contribution is 7.71. The van der Waals surface area contributed by atoms with Crippen LogP contribution in [0.2, 0.25) is 0 Å². The third-order valence-corrected chi connectivity index (χ3v) is 6.52. The zero-order valence-corrected chi connectivity index (χ0v) is 18.7. The number of thiazole rings is 1. The Kier molecular flexibility index (Phi) is 6.29. The van der Waals surface area contributed by atoms with E-state index < -0.39 is 0 Å². The first kappa shape index (κ1) is 20.7. The molecular weight excluding hydrogens is 418 g/mol. The Balaban J connectivity index is 1.41. The van der Waals surface area contributed by atoms with Gasteiger partial charge in [-0.2, -0.15) is 5.10 Å². The fourth-order valence-electron chi connectivity index (χ4n) is 3.60. The molecule has 1 aromatic carbocycles. The van der Waals surface area contributed by atoms with E-state index in [-0.39, 0.29) is 5.91 Å². The maximum Gasteiger partial charge on any atom is 0.227 e. The van der Waals surface area contributed by atoms with Crippen molar-refractivity contribution in [2.75, 3.05) is 11.9 Å². The predicted molar refractivity (Wildman–Crippen MR) is 121 cm³/mol. The topological polar surface area (TPSA) is 84.8 Å². The summed E-state index contributed by atoms with van der Waals surface area (Å²) in [6, 6.07) is 7.68. The molecule has 7 nitrogen and oxygen atoms in total. The highest BCUT2D eigenvalue weighted by atomic mass is 32.1. The first-order valence-corrected chi connectivity index (χ1v) is 11.4. The second-order valence-electron chi connectivity index (χ2n) is 7.50. The number of hydrogen-bond donors (Lipinski definition) is 2. The number of H-pyrrole nitrogens is 1. The molecule has 1 aliphatic rings. The summed E-state index contributed by atoms with van der Waals surface area (Å²) in [7, 11) is 0. The summed E-state index contributed by atoms with van der Waals surface area (Å²) in [4.78, 5) is 18.4. The van der Waals surface area contributed by atoms with Crippen LogP contribution in [0.3, 0.4) is 0 Å². The summed E-state index contributed by atoms with van der Waals surface area (Å²) in [6.07, 6.45) is 3.51. The van der Waals surface area contributed by atoms with Crippen LogP contribution in [0.4, 0.5) is 5.13 Å². The van der Waals surface area contributed by atoms with Gasteiger partial charge in [-0.3, -0.25) is 14.5 Å². The highest BCUT2D eigenvalue weighted by Crippen LogP contribution is 2.32. The Labute approximate surface area is 184 Å². The van der Waals surface area contributed by atoms with E-state index in [1.54, 1.807) is 11.3 Å². The van der Waals surface area contributed by atoms with E-state index >= 15 is 0 Å². The molecule has 2 heterocycles. The summed E-state index contributed by atoms with van der Waals surface area (Å²) in [5.74, 6) is 2.12. The number of benzene rings is 1. The number of aromatic amines is 1. The first-order chi connectivity index (χ1) is 14.5. The van der Waals surface area contributed by atoms with Crippen LogP contribution in [0, 0.1) is 10.7 Å². The summed E-state index contributed by atoms with van der Waals surface area (Å²) in [6.45, 7) is 5.27. The van der Waals surface area contributed by atoms with Gasteiger partial charge in [0.25, 0.3) is 0 Å². The Morgan fingerprint density at radius 2 is 2.20 bits per heavy atom. The minimum absolute atomic E-state index is 0.0742. The molecule has 0 aliphatic heterocycles. The molecule has 2 N–H and O–H groups in total. The summed E-state index contributed by atoms with van der Waals surface area (Å²) in [5, 5.41) is 10.8. The second-order valence-corrected chi connectivity index (χ2v) is 8.97. The average Bonchev–Trinajstić information content (AvgIpc) is 3.29. The molecule has 0 saturated heterocycles. The molecule has 0 saturated carbocycles. The molecule has 0 spiro atoms. The van der Waals surface area contributed by atoms with Crippen molar-refractivity contribution in [3.63, 3.8) is 0 Å². The van der Waals surface area contributed by atoms with Gasteiger partial charge in [0.15, 0.2) is 15.7 Å². The molecule has 1 atom stereocenters. The number of aromatic nitrogens is 4. The molecule has 0 radical (unpaired) electrons. The molecular formula is C21H25N5O2S2. The molecule has 2 aromatic heterocycles. The smallest absolute Gasteiger partial charge is 0.227 e. The molecule has 0 fully saturated rings. The summed E-state index contributed by atoms with van der Waals surface area (Å²) < 4.78 is 7.83. The number of amides is 1. The number of hydrogen-bond acceptors (Lipinski definition) is 6. The van der Waals surface area contributed by atoms with Crippen LogP contribution in [0.1, 0.15) is 37.3 Å². The highest BCUT2D eigenvalue weighted by Gasteiger charge is 2.20. The van der Waals surface area contributed by atoms with Gasteiger partial charge in [0.05, 0.1) is 12.3 Å². The molecule has 3 aromatic rings. The number of aryl methyl sites for hydroxylation is 1.